The van der Waals surface area contributed by atoms with Gasteiger partial charge in [0.1, 0.15) is 18.3 Å². The second kappa shape index (κ2) is 15.5. The van der Waals surface area contributed by atoms with Gasteiger partial charge in [0, 0.05) is 11.0 Å². The van der Waals surface area contributed by atoms with Crippen LogP contribution in [-0.4, -0.2) is 18.1 Å². The Bertz CT molecular complexity index is 1980. The second-order valence-corrected chi connectivity index (χ2v) is 16.5. The summed E-state index contributed by atoms with van der Waals surface area (Å²) in [7, 11) is 0. The SMILES string of the molecule is NC(OC(N)c1ccc(C2=CC(C3=CC=CCC3)NC(C3=CCCC=C3)=N2)cc1)C1=CC2C(CC1)C1C=CC=CC1C2(C1=CC=CCC1)C1C=CCCC1. The van der Waals surface area contributed by atoms with Gasteiger partial charge in [-0.1, -0.05) is 127 Å². The van der Waals surface area contributed by atoms with Crippen LogP contribution in [0.4, 0.5) is 0 Å². The maximum atomic E-state index is 6.99. The Balaban J connectivity index is 0.968. The highest BCUT2D eigenvalue weighted by molar-refractivity contribution is 6.05. The molecule has 8 aliphatic rings. The van der Waals surface area contributed by atoms with E-state index in [1.165, 1.54) is 30.4 Å². The normalized spacial score (nSPS) is 33.7. The fraction of sp³-hybridized carbons (Fsp3) is 0.408. The van der Waals surface area contributed by atoms with Gasteiger partial charge in [0.15, 0.2) is 0 Å². The zero-order chi connectivity index (χ0) is 36.5. The molecule has 5 nitrogen and oxygen atoms in total. The average Bonchev–Trinajstić information content (AvgIpc) is 3.55. The van der Waals surface area contributed by atoms with Crippen molar-refractivity contribution >= 4 is 11.5 Å². The molecule has 5 N–H and O–H groups in total. The largest absolute Gasteiger partial charge is 0.359 e. The first-order chi connectivity index (χ1) is 26.6. The summed E-state index contributed by atoms with van der Waals surface area (Å²) >= 11 is 0. The average molecular weight is 717 g/mol. The number of nitrogens with zero attached hydrogens (tertiary/aromatic N) is 1. The molecule has 1 heterocycles. The number of allylic oxidation sites excluding steroid dienone is 16. The minimum atomic E-state index is -0.632. The number of nitrogens with two attached hydrogens (primary N) is 2. The quantitative estimate of drug-likeness (QED) is 0.175. The van der Waals surface area contributed by atoms with Gasteiger partial charge in [-0.05, 0) is 129 Å². The monoisotopic (exact) mass is 716 g/mol. The predicted octanol–water partition coefficient (Wildman–Crippen LogP) is 10.2. The summed E-state index contributed by atoms with van der Waals surface area (Å²) in [5.41, 5.74) is 22.2. The third-order valence-corrected chi connectivity index (χ3v) is 13.6. The summed E-state index contributed by atoms with van der Waals surface area (Å²) in [6.45, 7) is 0. The Morgan fingerprint density at radius 3 is 2.37 bits per heavy atom. The third kappa shape index (κ3) is 6.59. The molecule has 7 aliphatic carbocycles. The molecule has 0 aromatic heterocycles. The summed E-state index contributed by atoms with van der Waals surface area (Å²) in [6.07, 6.45) is 51.1. The van der Waals surface area contributed by atoms with Crippen LogP contribution in [0.1, 0.15) is 88.0 Å². The van der Waals surface area contributed by atoms with Crippen molar-refractivity contribution in [1.82, 2.24) is 5.32 Å². The van der Waals surface area contributed by atoms with Crippen LogP contribution in [0.3, 0.4) is 0 Å². The van der Waals surface area contributed by atoms with Crippen LogP contribution in [0.2, 0.25) is 0 Å². The Morgan fingerprint density at radius 1 is 0.759 bits per heavy atom. The van der Waals surface area contributed by atoms with Crippen LogP contribution >= 0.6 is 0 Å². The number of aliphatic imine (C=N–C) groups is 1. The van der Waals surface area contributed by atoms with Crippen molar-refractivity contribution in [2.24, 2.45) is 51.5 Å². The van der Waals surface area contributed by atoms with Gasteiger partial charge < -0.3 is 21.5 Å². The van der Waals surface area contributed by atoms with Crippen molar-refractivity contribution in [3.8, 4) is 0 Å². The van der Waals surface area contributed by atoms with Gasteiger partial charge in [-0.25, -0.2) is 4.99 Å². The summed E-state index contributed by atoms with van der Waals surface area (Å²) < 4.78 is 6.52. The Hall–Kier alpha value is -4.29. The number of benzene rings is 1. The lowest BCUT2D eigenvalue weighted by atomic mass is 9.54. The van der Waals surface area contributed by atoms with Crippen molar-refractivity contribution in [3.05, 3.63) is 161 Å². The van der Waals surface area contributed by atoms with Crippen molar-refractivity contribution in [2.45, 2.75) is 89.1 Å². The van der Waals surface area contributed by atoms with E-state index in [4.69, 9.17) is 21.2 Å². The lowest BCUT2D eigenvalue weighted by molar-refractivity contribution is 0.00860. The van der Waals surface area contributed by atoms with E-state index in [1.807, 2.05) is 0 Å². The first-order valence-corrected chi connectivity index (χ1v) is 20.7. The van der Waals surface area contributed by atoms with Crippen LogP contribution in [0.25, 0.3) is 5.70 Å². The first kappa shape index (κ1) is 35.4. The Labute approximate surface area is 322 Å². The third-order valence-electron chi connectivity index (χ3n) is 13.6. The molecule has 1 aromatic rings. The Morgan fingerprint density at radius 2 is 1.61 bits per heavy atom. The van der Waals surface area contributed by atoms with Gasteiger partial charge in [-0.15, -0.1) is 0 Å². The van der Waals surface area contributed by atoms with Gasteiger partial charge >= 0.3 is 0 Å². The highest BCUT2D eigenvalue weighted by atomic mass is 16.5. The maximum absolute atomic E-state index is 6.99. The molecular formula is C49H56N4O. The van der Waals surface area contributed by atoms with Gasteiger partial charge in [0.2, 0.25) is 0 Å². The Kier molecular flexibility index (Phi) is 10.1. The molecule has 0 bridgehead atoms. The molecule has 1 aromatic carbocycles. The van der Waals surface area contributed by atoms with Crippen LogP contribution in [0.15, 0.2) is 155 Å². The lowest BCUT2D eigenvalue weighted by Crippen LogP contribution is -2.43. The molecule has 9 rings (SSSR count). The number of hydrogen-bond donors (Lipinski definition) is 3. The molecule has 1 saturated carbocycles. The molecule has 0 spiro atoms. The van der Waals surface area contributed by atoms with Crippen molar-refractivity contribution < 1.29 is 4.74 Å². The summed E-state index contributed by atoms with van der Waals surface area (Å²) in [4.78, 5) is 5.13. The number of rotatable bonds is 9. The summed E-state index contributed by atoms with van der Waals surface area (Å²) in [6, 6.07) is 8.53. The van der Waals surface area contributed by atoms with E-state index in [9.17, 15) is 0 Å². The van der Waals surface area contributed by atoms with Crippen molar-refractivity contribution in [3.63, 3.8) is 0 Å². The van der Waals surface area contributed by atoms with Crippen LogP contribution in [0, 0.1) is 35.0 Å². The highest BCUT2D eigenvalue weighted by Crippen LogP contribution is 2.68. The molecule has 0 amide bonds. The van der Waals surface area contributed by atoms with E-state index in [0.717, 1.165) is 79.6 Å². The smallest absolute Gasteiger partial charge is 0.134 e. The van der Waals surface area contributed by atoms with E-state index >= 15 is 0 Å². The second-order valence-electron chi connectivity index (χ2n) is 16.5. The molecule has 9 atom stereocenters. The number of hydrogen-bond acceptors (Lipinski definition) is 5. The van der Waals surface area contributed by atoms with Crippen molar-refractivity contribution in [2.75, 3.05) is 0 Å². The van der Waals surface area contributed by atoms with Crippen LogP contribution in [-0.2, 0) is 4.74 Å². The number of ether oxygens (including phenoxy) is 1. The van der Waals surface area contributed by atoms with E-state index in [1.54, 1.807) is 5.57 Å². The van der Waals surface area contributed by atoms with Crippen LogP contribution < -0.4 is 16.8 Å². The van der Waals surface area contributed by atoms with Crippen molar-refractivity contribution in [1.29, 1.82) is 0 Å². The van der Waals surface area contributed by atoms with E-state index in [2.05, 4.69) is 133 Å². The molecule has 5 heteroatoms. The summed E-state index contributed by atoms with van der Waals surface area (Å²) in [5.74, 6) is 3.51. The minimum Gasteiger partial charge on any atom is -0.359 e. The fourth-order valence-electron chi connectivity index (χ4n) is 11.1. The van der Waals surface area contributed by atoms with Crippen LogP contribution in [0.5, 0.6) is 0 Å². The van der Waals surface area contributed by atoms with Gasteiger partial charge in [0.25, 0.3) is 0 Å². The highest BCUT2D eigenvalue weighted by Gasteiger charge is 2.62. The topological polar surface area (TPSA) is 85.7 Å². The molecule has 0 saturated heterocycles. The van der Waals surface area contributed by atoms with Gasteiger partial charge in [-0.2, -0.15) is 0 Å². The molecule has 1 aliphatic heterocycles. The maximum Gasteiger partial charge on any atom is 0.134 e. The minimum absolute atomic E-state index is 0.0559. The number of fused-ring (bicyclic) bond motifs is 3. The molecule has 9 unspecified atom stereocenters. The number of nitrogens with one attached hydrogen (secondary N) is 1. The summed E-state index contributed by atoms with van der Waals surface area (Å²) in [5, 5.41) is 3.72. The van der Waals surface area contributed by atoms with E-state index < -0.39 is 12.5 Å². The zero-order valence-corrected chi connectivity index (χ0v) is 31.5. The van der Waals surface area contributed by atoms with E-state index in [0.29, 0.717) is 29.6 Å². The molecule has 1 fully saturated rings. The molecule has 278 valence electrons. The van der Waals surface area contributed by atoms with Gasteiger partial charge in [-0.3, -0.25) is 0 Å². The van der Waals surface area contributed by atoms with Gasteiger partial charge in [0.05, 0.1) is 11.7 Å². The molecule has 54 heavy (non-hydrogen) atoms. The van der Waals surface area contributed by atoms with E-state index in [-0.39, 0.29) is 11.5 Å². The predicted molar refractivity (Wildman–Crippen MR) is 223 cm³/mol. The fourth-order valence-corrected chi connectivity index (χ4v) is 11.1. The molecular weight excluding hydrogens is 661 g/mol. The number of amidine groups is 1. The molecule has 0 radical (unpaired) electrons. The lowest BCUT2D eigenvalue weighted by Gasteiger charge is -2.49. The first-order valence-electron chi connectivity index (χ1n) is 20.7. The standard InChI is InChI=1S/C49H56N4O/c50-46(35-27-25-34(26-28-35)45-32-44(33-15-5-1-6-16-33)52-48(53-45)36-17-7-2-8-18-36)54-47(51)37-29-30-41-40-23-13-14-24-42(40)49(43(41)31-37,38-19-9-3-10-20-38)39-21-11-4-12-22-39/h1,3,5,7,9,11,13-15,17-19,21,23-28,31-32,39-44,46-47H,2,4,6,8,10,12,16,20,22,29-30,50-51H2,(H,52,53). The zero-order valence-electron chi connectivity index (χ0n) is 31.5.